The highest BCUT2D eigenvalue weighted by molar-refractivity contribution is 14.1. The standard InChI is InChI=1S/C7H14IN2O2/c1-6(2)7(3,4)10(12)5(8)9(6)11/h11-12H,1-4H3/q+1. The van der Waals surface area contributed by atoms with E-state index in [1.807, 2.05) is 50.3 Å². The van der Waals surface area contributed by atoms with Crippen LogP contribution in [-0.2, 0) is 0 Å². The number of rotatable bonds is 0. The largest absolute Gasteiger partial charge is 0.377 e. The Kier molecular flexibility index (Phi) is 2.07. The van der Waals surface area contributed by atoms with E-state index in [1.54, 1.807) is 0 Å². The Bertz CT molecular complexity index is 248. The maximum absolute atomic E-state index is 9.62. The quantitative estimate of drug-likeness (QED) is 0.306. The molecule has 2 N–H and O–H groups in total. The van der Waals surface area contributed by atoms with Crippen LogP contribution in [0.5, 0.6) is 0 Å². The molecule has 0 aromatic heterocycles. The summed E-state index contributed by atoms with van der Waals surface area (Å²) in [6.07, 6.45) is 0. The summed E-state index contributed by atoms with van der Waals surface area (Å²) in [4.78, 5) is 0. The molecule has 0 unspecified atom stereocenters. The molecule has 0 saturated carbocycles. The lowest BCUT2D eigenvalue weighted by atomic mass is 9.84. The Labute approximate surface area is 85.5 Å². The molecule has 1 heterocycles. The summed E-state index contributed by atoms with van der Waals surface area (Å²) in [7, 11) is 0. The normalized spacial score (nSPS) is 26.7. The van der Waals surface area contributed by atoms with Crippen LogP contribution in [-0.4, -0.2) is 35.1 Å². The van der Waals surface area contributed by atoms with Crippen LogP contribution in [0.2, 0.25) is 0 Å². The number of amidine groups is 1. The zero-order chi connectivity index (χ0) is 9.73. The molecule has 4 nitrogen and oxygen atoms in total. The van der Waals surface area contributed by atoms with Crippen LogP contribution in [0.25, 0.3) is 0 Å². The van der Waals surface area contributed by atoms with Gasteiger partial charge in [0.2, 0.25) is 0 Å². The SMILES string of the molecule is CC1(C)N(O)C(I)=[N+](O)C1(C)C. The average molecular weight is 285 g/mol. The van der Waals surface area contributed by atoms with E-state index in [4.69, 9.17) is 0 Å². The fourth-order valence-corrected chi connectivity index (χ4v) is 2.28. The number of halogens is 1. The fourth-order valence-electron chi connectivity index (χ4n) is 1.07. The van der Waals surface area contributed by atoms with E-state index < -0.39 is 11.1 Å². The first-order valence-corrected chi connectivity index (χ1v) is 4.81. The summed E-state index contributed by atoms with van der Waals surface area (Å²) >= 11 is 1.90. The van der Waals surface area contributed by atoms with Gasteiger partial charge in [-0.3, -0.25) is 0 Å². The van der Waals surface area contributed by atoms with E-state index in [1.165, 1.54) is 0 Å². The first kappa shape index (κ1) is 10.0. The van der Waals surface area contributed by atoms with Crippen molar-refractivity contribution in [3.63, 3.8) is 0 Å². The summed E-state index contributed by atoms with van der Waals surface area (Å²) in [5.41, 5.74) is -0.976. The maximum Gasteiger partial charge on any atom is 0.377 e. The lowest BCUT2D eigenvalue weighted by Crippen LogP contribution is -2.53. The third-order valence-electron chi connectivity index (χ3n) is 2.91. The van der Waals surface area contributed by atoms with Crippen molar-refractivity contribution in [2.24, 2.45) is 0 Å². The second kappa shape index (κ2) is 2.47. The van der Waals surface area contributed by atoms with Gasteiger partial charge >= 0.3 is 3.84 Å². The molecule has 0 aromatic rings. The molecule has 0 aliphatic carbocycles. The molecule has 0 fully saturated rings. The van der Waals surface area contributed by atoms with Gasteiger partial charge in [-0.2, -0.15) is 0 Å². The Hall–Kier alpha value is -0.0400. The topological polar surface area (TPSA) is 46.7 Å². The summed E-state index contributed by atoms with van der Waals surface area (Å²) in [6, 6.07) is 0. The maximum atomic E-state index is 9.62. The minimum Gasteiger partial charge on any atom is -0.354 e. The van der Waals surface area contributed by atoms with Gasteiger partial charge in [-0.15, -0.1) is 5.06 Å². The molecule has 1 aliphatic heterocycles. The highest BCUT2D eigenvalue weighted by Gasteiger charge is 2.61. The Morgan fingerprint density at radius 2 is 1.75 bits per heavy atom. The lowest BCUT2D eigenvalue weighted by molar-refractivity contribution is -0.818. The van der Waals surface area contributed by atoms with Crippen molar-refractivity contribution in [1.82, 2.24) is 5.06 Å². The molecule has 1 aliphatic rings. The van der Waals surface area contributed by atoms with Crippen LogP contribution >= 0.6 is 22.6 Å². The van der Waals surface area contributed by atoms with Crippen molar-refractivity contribution < 1.29 is 15.2 Å². The smallest absolute Gasteiger partial charge is 0.354 e. The van der Waals surface area contributed by atoms with E-state index in [0.29, 0.717) is 3.84 Å². The third-order valence-corrected chi connectivity index (χ3v) is 3.82. The number of hydrogen-bond donors (Lipinski definition) is 2. The zero-order valence-corrected chi connectivity index (χ0v) is 9.82. The number of hydroxylamine groups is 3. The molecule has 5 heteroatoms. The van der Waals surface area contributed by atoms with Crippen LogP contribution in [0.4, 0.5) is 0 Å². The minimum absolute atomic E-state index is 0.433. The van der Waals surface area contributed by atoms with Gasteiger partial charge in [-0.1, -0.05) is 4.74 Å². The lowest BCUT2D eigenvalue weighted by Gasteiger charge is -2.29. The summed E-state index contributed by atoms with van der Waals surface area (Å²) in [5.74, 6) is 0. The Balaban J connectivity index is 3.22. The minimum atomic E-state index is -0.488. The van der Waals surface area contributed by atoms with Gasteiger partial charge in [0.1, 0.15) is 0 Å². The monoisotopic (exact) mass is 285 g/mol. The molecule has 0 atom stereocenters. The van der Waals surface area contributed by atoms with Gasteiger partial charge in [0.05, 0.1) is 22.6 Å². The molecule has 0 bridgehead atoms. The zero-order valence-electron chi connectivity index (χ0n) is 7.67. The molecule has 1 rings (SSSR count). The van der Waals surface area contributed by atoms with Gasteiger partial charge < -0.3 is 5.21 Å². The molecular formula is C7H14IN2O2+. The van der Waals surface area contributed by atoms with Crippen LogP contribution < -0.4 is 0 Å². The molecule has 0 spiro atoms. The first-order valence-electron chi connectivity index (χ1n) is 3.73. The fraction of sp³-hybridized carbons (Fsp3) is 0.857. The van der Waals surface area contributed by atoms with Crippen molar-refractivity contribution in [3.05, 3.63) is 0 Å². The predicted molar refractivity (Wildman–Crippen MR) is 52.9 cm³/mol. The Morgan fingerprint density at radius 1 is 1.33 bits per heavy atom. The van der Waals surface area contributed by atoms with E-state index in [9.17, 15) is 10.4 Å². The third kappa shape index (κ3) is 0.953. The van der Waals surface area contributed by atoms with Crippen molar-refractivity contribution in [1.29, 1.82) is 0 Å². The summed E-state index contributed by atoms with van der Waals surface area (Å²) in [6.45, 7) is 7.51. The van der Waals surface area contributed by atoms with Crippen molar-refractivity contribution >= 4 is 26.4 Å². The predicted octanol–water partition coefficient (Wildman–Crippen LogP) is 1.44. The van der Waals surface area contributed by atoms with Crippen LogP contribution in [0, 0.1) is 0 Å². The second-order valence-corrected chi connectivity index (χ2v) is 4.98. The van der Waals surface area contributed by atoms with E-state index in [0.717, 1.165) is 9.80 Å². The van der Waals surface area contributed by atoms with Gasteiger partial charge in [-0.25, -0.2) is 5.21 Å². The van der Waals surface area contributed by atoms with Crippen LogP contribution in [0.3, 0.4) is 0 Å². The van der Waals surface area contributed by atoms with Gasteiger partial charge in [0.15, 0.2) is 11.1 Å². The van der Waals surface area contributed by atoms with E-state index in [2.05, 4.69) is 0 Å². The van der Waals surface area contributed by atoms with E-state index >= 15 is 0 Å². The van der Waals surface area contributed by atoms with Crippen molar-refractivity contribution in [3.8, 4) is 0 Å². The molecule has 0 aromatic carbocycles. The molecule has 0 saturated heterocycles. The number of nitrogens with zero attached hydrogens (tertiary/aromatic N) is 2. The number of hydrogen-bond acceptors (Lipinski definition) is 3. The van der Waals surface area contributed by atoms with Crippen LogP contribution in [0.1, 0.15) is 27.7 Å². The average Bonchev–Trinajstić information content (AvgIpc) is 2.05. The van der Waals surface area contributed by atoms with E-state index in [-0.39, 0.29) is 0 Å². The highest BCUT2D eigenvalue weighted by atomic mass is 127. The summed E-state index contributed by atoms with van der Waals surface area (Å²) in [5, 5.41) is 20.3. The second-order valence-electron chi connectivity index (χ2n) is 4.01. The first-order chi connectivity index (χ1) is 5.23. The van der Waals surface area contributed by atoms with Crippen molar-refractivity contribution in [2.45, 2.75) is 38.8 Å². The molecule has 0 radical (unpaired) electrons. The molecule has 70 valence electrons. The summed E-state index contributed by atoms with van der Waals surface area (Å²) < 4.78 is 1.52. The Morgan fingerprint density at radius 3 is 1.83 bits per heavy atom. The molecule has 12 heavy (non-hydrogen) atoms. The molecule has 0 amide bonds. The van der Waals surface area contributed by atoms with Crippen molar-refractivity contribution in [2.75, 3.05) is 0 Å². The molecular weight excluding hydrogens is 271 g/mol. The van der Waals surface area contributed by atoms with Crippen LogP contribution in [0.15, 0.2) is 0 Å². The highest BCUT2D eigenvalue weighted by Crippen LogP contribution is 2.36. The van der Waals surface area contributed by atoms with Gasteiger partial charge in [0, 0.05) is 0 Å². The van der Waals surface area contributed by atoms with Gasteiger partial charge in [-0.05, 0) is 27.7 Å². The van der Waals surface area contributed by atoms with Gasteiger partial charge in [0.25, 0.3) is 0 Å².